The zero-order valence-electron chi connectivity index (χ0n) is 14.3. The highest BCUT2D eigenvalue weighted by Gasteiger charge is 2.32. The average molecular weight is 351 g/mol. The van der Waals surface area contributed by atoms with Crippen LogP contribution >= 0.6 is 0 Å². The van der Waals surface area contributed by atoms with Crippen LogP contribution in [-0.2, 0) is 0 Å². The van der Waals surface area contributed by atoms with Gasteiger partial charge in [0.25, 0.3) is 0 Å². The molecule has 1 aromatic carbocycles. The summed E-state index contributed by atoms with van der Waals surface area (Å²) in [5, 5.41) is -0.472. The predicted octanol–water partition coefficient (Wildman–Crippen LogP) is 2.81. The second kappa shape index (κ2) is 5.76. The van der Waals surface area contributed by atoms with Crippen molar-refractivity contribution in [2.75, 3.05) is 38.1 Å². The average Bonchev–Trinajstić information content (AvgIpc) is 3.41. The van der Waals surface area contributed by atoms with Crippen molar-refractivity contribution >= 4 is 16.6 Å². The van der Waals surface area contributed by atoms with Gasteiger partial charge in [0.1, 0.15) is 5.69 Å². The van der Waals surface area contributed by atoms with Crippen molar-refractivity contribution in [3.8, 4) is 0 Å². The predicted molar refractivity (Wildman–Crippen MR) is 90.8 cm³/mol. The molecule has 0 atom stereocenters. The van der Waals surface area contributed by atoms with E-state index >= 15 is 4.39 Å². The molecule has 2 aliphatic rings. The fourth-order valence-electron chi connectivity index (χ4n) is 3.56. The van der Waals surface area contributed by atoms with Crippen LogP contribution in [0, 0.1) is 24.4 Å². The van der Waals surface area contributed by atoms with E-state index in [1.165, 1.54) is 4.90 Å². The van der Waals surface area contributed by atoms with Gasteiger partial charge in [-0.25, -0.2) is 13.2 Å². The zero-order valence-corrected chi connectivity index (χ0v) is 14.3. The molecule has 0 amide bonds. The van der Waals surface area contributed by atoms with E-state index in [4.69, 9.17) is 0 Å². The summed E-state index contributed by atoms with van der Waals surface area (Å²) >= 11 is 0. The minimum Gasteiger partial charge on any atom is -0.364 e. The quantitative estimate of drug-likeness (QED) is 0.779. The molecule has 0 radical (unpaired) electrons. The number of piperazine rings is 1. The number of fused-ring (bicyclic) bond motifs is 1. The first-order valence-electron chi connectivity index (χ1n) is 8.55. The van der Waals surface area contributed by atoms with Gasteiger partial charge < -0.3 is 14.4 Å². The first-order chi connectivity index (χ1) is 11.9. The Kier molecular flexibility index (Phi) is 3.79. The first-order valence-corrected chi connectivity index (χ1v) is 8.55. The molecule has 2 heterocycles. The summed E-state index contributed by atoms with van der Waals surface area (Å²) in [5.41, 5.74) is -0.807. The lowest BCUT2D eigenvalue weighted by Crippen LogP contribution is -2.45. The third-order valence-electron chi connectivity index (χ3n) is 5.21. The number of nitrogens with zero attached hydrogens (tertiary/aromatic N) is 3. The molecule has 0 spiro atoms. The zero-order chi connectivity index (χ0) is 17.9. The fourth-order valence-corrected chi connectivity index (χ4v) is 3.56. The highest BCUT2D eigenvalue weighted by Crippen LogP contribution is 2.40. The maximum absolute atomic E-state index is 15.3. The van der Waals surface area contributed by atoms with E-state index in [0.29, 0.717) is 31.7 Å². The lowest BCUT2D eigenvalue weighted by Gasteiger charge is -2.34. The van der Waals surface area contributed by atoms with Crippen molar-refractivity contribution in [1.82, 2.24) is 9.47 Å². The van der Waals surface area contributed by atoms with Crippen LogP contribution in [0.5, 0.6) is 0 Å². The molecule has 1 aromatic heterocycles. The number of hydrogen-bond acceptors (Lipinski definition) is 3. The summed E-state index contributed by atoms with van der Waals surface area (Å²) in [5.74, 6) is -3.34. The van der Waals surface area contributed by atoms with Crippen LogP contribution in [0.1, 0.15) is 24.4 Å². The molecule has 1 aliphatic carbocycles. The highest BCUT2D eigenvalue weighted by molar-refractivity contribution is 5.85. The van der Waals surface area contributed by atoms with Gasteiger partial charge in [-0.3, -0.25) is 4.79 Å². The molecule has 2 aromatic rings. The van der Waals surface area contributed by atoms with Gasteiger partial charge in [-0.15, -0.1) is 0 Å². The second-order valence-corrected chi connectivity index (χ2v) is 7.08. The summed E-state index contributed by atoms with van der Waals surface area (Å²) in [6.07, 6.45) is 3.26. The van der Waals surface area contributed by atoms with Crippen molar-refractivity contribution in [1.29, 1.82) is 0 Å². The summed E-state index contributed by atoms with van der Waals surface area (Å²) in [6, 6.07) is 0.0431. The van der Waals surface area contributed by atoms with Crippen molar-refractivity contribution in [3.63, 3.8) is 0 Å². The van der Waals surface area contributed by atoms with Gasteiger partial charge in [-0.1, -0.05) is 0 Å². The summed E-state index contributed by atoms with van der Waals surface area (Å²) in [7, 11) is 1.93. The monoisotopic (exact) mass is 351 g/mol. The standard InChI is InChI=1S/C18H20F3N3O/c1-10-9-24(11-3-4-11)16-12(18(10)25)13(19)14(20)17(15(16)21)23-7-5-22(2)6-8-23/h9,11H,3-8H2,1-2H3. The molecule has 1 saturated heterocycles. The Morgan fingerprint density at radius 1 is 1.00 bits per heavy atom. The van der Waals surface area contributed by atoms with Crippen molar-refractivity contribution in [2.24, 2.45) is 0 Å². The van der Waals surface area contributed by atoms with Gasteiger partial charge in [0, 0.05) is 44.0 Å². The number of rotatable bonds is 2. The molecular weight excluding hydrogens is 331 g/mol. The minimum atomic E-state index is -1.26. The van der Waals surface area contributed by atoms with Crippen LogP contribution in [0.2, 0.25) is 0 Å². The van der Waals surface area contributed by atoms with Crippen molar-refractivity contribution < 1.29 is 13.2 Å². The lowest BCUT2D eigenvalue weighted by atomic mass is 10.1. The largest absolute Gasteiger partial charge is 0.364 e. The molecule has 1 saturated carbocycles. The second-order valence-electron chi connectivity index (χ2n) is 7.08. The first kappa shape index (κ1) is 16.4. The van der Waals surface area contributed by atoms with Crippen LogP contribution < -0.4 is 10.3 Å². The van der Waals surface area contributed by atoms with Crippen molar-refractivity contribution in [2.45, 2.75) is 25.8 Å². The molecule has 4 rings (SSSR count). The number of halogens is 3. The molecule has 0 bridgehead atoms. The number of hydrogen-bond donors (Lipinski definition) is 0. The smallest absolute Gasteiger partial charge is 0.195 e. The van der Waals surface area contributed by atoms with Crippen LogP contribution in [0.4, 0.5) is 18.9 Å². The van der Waals surface area contributed by atoms with Gasteiger partial charge >= 0.3 is 0 Å². The number of aromatic nitrogens is 1. The maximum atomic E-state index is 15.3. The third-order valence-corrected chi connectivity index (χ3v) is 5.21. The molecule has 25 heavy (non-hydrogen) atoms. The summed E-state index contributed by atoms with van der Waals surface area (Å²) in [6.45, 7) is 3.65. The van der Waals surface area contributed by atoms with Gasteiger partial charge in [-0.05, 0) is 26.8 Å². The number of pyridine rings is 1. The third kappa shape index (κ3) is 2.52. The molecule has 0 unspecified atom stereocenters. The molecular formula is C18H20F3N3O. The normalized spacial score (nSPS) is 19.0. The van der Waals surface area contributed by atoms with Crippen LogP contribution in [-0.4, -0.2) is 42.7 Å². The van der Waals surface area contributed by atoms with E-state index in [9.17, 15) is 13.6 Å². The lowest BCUT2D eigenvalue weighted by molar-refractivity contribution is 0.310. The number of likely N-dealkylation sites (N-methyl/N-ethyl adjacent to an activating group) is 1. The Bertz CT molecular complexity index is 912. The van der Waals surface area contributed by atoms with Gasteiger partial charge in [-0.2, -0.15) is 0 Å². The van der Waals surface area contributed by atoms with Gasteiger partial charge in [0.05, 0.1) is 10.9 Å². The molecule has 1 aliphatic heterocycles. The van der Waals surface area contributed by atoms with Crippen LogP contribution in [0.3, 0.4) is 0 Å². The van der Waals surface area contributed by atoms with E-state index < -0.39 is 28.3 Å². The Labute approximate surface area is 143 Å². The molecule has 7 heteroatoms. The van der Waals surface area contributed by atoms with Crippen molar-refractivity contribution in [3.05, 3.63) is 39.4 Å². The molecule has 0 N–H and O–H groups in total. The van der Waals surface area contributed by atoms with E-state index in [-0.39, 0.29) is 17.2 Å². The van der Waals surface area contributed by atoms with E-state index in [2.05, 4.69) is 0 Å². The Morgan fingerprint density at radius 2 is 1.64 bits per heavy atom. The van der Waals surface area contributed by atoms with Gasteiger partial charge in [0.2, 0.25) is 0 Å². The highest BCUT2D eigenvalue weighted by atomic mass is 19.2. The Balaban J connectivity index is 2.01. The molecule has 4 nitrogen and oxygen atoms in total. The Hall–Kier alpha value is -2.02. The molecule has 134 valence electrons. The van der Waals surface area contributed by atoms with Crippen LogP contribution in [0.15, 0.2) is 11.0 Å². The molecule has 2 fully saturated rings. The number of anilines is 1. The Morgan fingerprint density at radius 3 is 2.24 bits per heavy atom. The van der Waals surface area contributed by atoms with E-state index in [1.54, 1.807) is 17.7 Å². The van der Waals surface area contributed by atoms with Gasteiger partial charge in [0.15, 0.2) is 22.9 Å². The van der Waals surface area contributed by atoms with Crippen LogP contribution in [0.25, 0.3) is 10.9 Å². The SMILES string of the molecule is Cc1cn(C2CC2)c2c(F)c(N3CCN(C)CC3)c(F)c(F)c2c1=O. The number of aryl methyl sites for hydroxylation is 1. The summed E-state index contributed by atoms with van der Waals surface area (Å²) in [4.78, 5) is 16.0. The number of benzene rings is 1. The van der Waals surface area contributed by atoms with E-state index in [0.717, 1.165) is 12.8 Å². The topological polar surface area (TPSA) is 28.5 Å². The fraction of sp³-hybridized carbons (Fsp3) is 0.500. The minimum absolute atomic E-state index is 0.0431. The summed E-state index contributed by atoms with van der Waals surface area (Å²) < 4.78 is 46.4. The maximum Gasteiger partial charge on any atom is 0.195 e. The van der Waals surface area contributed by atoms with E-state index in [1.807, 2.05) is 11.9 Å².